The summed E-state index contributed by atoms with van der Waals surface area (Å²) in [5.41, 5.74) is -5.18. The fourth-order valence-corrected chi connectivity index (χ4v) is 6.90. The van der Waals surface area contributed by atoms with E-state index in [1.54, 1.807) is 18.2 Å². The highest BCUT2D eigenvalue weighted by Crippen LogP contribution is 2.47. The van der Waals surface area contributed by atoms with Crippen LogP contribution < -0.4 is 8.92 Å². The van der Waals surface area contributed by atoms with E-state index in [0.717, 1.165) is 12.1 Å². The Balaban J connectivity index is 1.38. The molecule has 1 unspecified atom stereocenters. The first-order valence-electron chi connectivity index (χ1n) is 14.8. The quantitative estimate of drug-likeness (QED) is 0.136. The summed E-state index contributed by atoms with van der Waals surface area (Å²) in [4.78, 5) is 13.7. The molecule has 0 spiro atoms. The molecule has 1 saturated heterocycles. The summed E-state index contributed by atoms with van der Waals surface area (Å²) < 4.78 is 96.8. The molecule has 0 bridgehead atoms. The Bertz CT molecular complexity index is 1790. The standard InChI is InChI=1S/C32H39F3O9SSi/c1-29(2,3)46(8,9)40-17-25-24(42-31(6,7)43-25)16-39-18-10-12-20-22(14-18)30(4,5)28-26(27(20)36)21-13-11-19(15-23(21)41-28)44-45(37,38)32(33,34)35/h10-15,24-25H,16-17H2,1-9H3/t24-,25?/m1/s1. The van der Waals surface area contributed by atoms with Gasteiger partial charge in [0, 0.05) is 22.4 Å². The average Bonchev–Trinajstić information content (AvgIpc) is 3.45. The van der Waals surface area contributed by atoms with Gasteiger partial charge in [0.25, 0.3) is 0 Å². The fourth-order valence-electron chi connectivity index (χ4n) is 5.43. The number of benzene rings is 2. The predicted molar refractivity (Wildman–Crippen MR) is 166 cm³/mol. The first kappa shape index (κ1) is 34.4. The second-order valence-electron chi connectivity index (χ2n) is 14.2. The van der Waals surface area contributed by atoms with Gasteiger partial charge in [-0.1, -0.05) is 20.8 Å². The lowest BCUT2D eigenvalue weighted by atomic mass is 9.71. The number of furan rings is 1. The summed E-state index contributed by atoms with van der Waals surface area (Å²) in [6.07, 6.45) is -0.761. The van der Waals surface area contributed by atoms with Crippen molar-refractivity contribution in [3.63, 3.8) is 0 Å². The largest absolute Gasteiger partial charge is 0.534 e. The van der Waals surface area contributed by atoms with Gasteiger partial charge in [0.05, 0.1) is 12.2 Å². The van der Waals surface area contributed by atoms with Crippen molar-refractivity contribution in [3.8, 4) is 11.5 Å². The maximum absolute atomic E-state index is 13.7. The third-order valence-electron chi connectivity index (χ3n) is 8.97. The molecule has 0 N–H and O–H groups in total. The number of rotatable bonds is 8. The molecule has 2 atom stereocenters. The van der Waals surface area contributed by atoms with Crippen LogP contribution in [0.3, 0.4) is 0 Å². The third-order valence-corrected chi connectivity index (χ3v) is 14.4. The molecule has 9 nitrogen and oxygen atoms in total. The molecule has 2 heterocycles. The Morgan fingerprint density at radius 2 is 1.52 bits per heavy atom. The van der Waals surface area contributed by atoms with Crippen molar-refractivity contribution < 1.29 is 53.6 Å². The maximum atomic E-state index is 13.7. The monoisotopic (exact) mass is 684 g/mol. The minimum Gasteiger partial charge on any atom is -0.491 e. The normalized spacial score (nSPS) is 21.3. The molecule has 2 aliphatic rings. The van der Waals surface area contributed by atoms with E-state index in [9.17, 15) is 26.4 Å². The Kier molecular flexibility index (Phi) is 8.29. The van der Waals surface area contributed by atoms with E-state index in [1.165, 1.54) is 6.07 Å². The number of ether oxygens (including phenoxy) is 3. The van der Waals surface area contributed by atoms with Gasteiger partial charge in [0.2, 0.25) is 0 Å². The van der Waals surface area contributed by atoms with Crippen LogP contribution >= 0.6 is 0 Å². The van der Waals surface area contributed by atoms with Gasteiger partial charge >= 0.3 is 15.6 Å². The first-order valence-corrected chi connectivity index (χ1v) is 19.1. The Labute approximate surface area is 267 Å². The van der Waals surface area contributed by atoms with Crippen LogP contribution in [0.15, 0.2) is 40.8 Å². The molecule has 0 radical (unpaired) electrons. The molecule has 1 aliphatic heterocycles. The molecule has 1 fully saturated rings. The van der Waals surface area contributed by atoms with Crippen LogP contribution in [-0.2, 0) is 29.4 Å². The van der Waals surface area contributed by atoms with E-state index in [4.69, 9.17) is 23.1 Å². The van der Waals surface area contributed by atoms with E-state index in [-0.39, 0.29) is 40.4 Å². The van der Waals surface area contributed by atoms with Crippen LogP contribution in [0.5, 0.6) is 11.5 Å². The highest BCUT2D eigenvalue weighted by Gasteiger charge is 2.49. The molecular formula is C32H39F3O9SSi. The van der Waals surface area contributed by atoms with Crippen LogP contribution in [0, 0.1) is 0 Å². The van der Waals surface area contributed by atoms with Gasteiger partial charge in [-0.15, -0.1) is 0 Å². The van der Waals surface area contributed by atoms with Crippen molar-refractivity contribution in [2.75, 3.05) is 13.2 Å². The first-order chi connectivity index (χ1) is 20.9. The number of fused-ring (bicyclic) bond motifs is 4. The lowest BCUT2D eigenvalue weighted by Crippen LogP contribution is -2.44. The Morgan fingerprint density at radius 1 is 0.913 bits per heavy atom. The molecule has 2 aromatic carbocycles. The second kappa shape index (κ2) is 11.1. The summed E-state index contributed by atoms with van der Waals surface area (Å²) in [7, 11) is -7.92. The summed E-state index contributed by atoms with van der Waals surface area (Å²) in [6, 6.07) is 8.50. The van der Waals surface area contributed by atoms with Gasteiger partial charge in [-0.25, -0.2) is 0 Å². The number of carbonyl (C=O) groups excluding carboxylic acids is 1. The number of alkyl halides is 3. The third kappa shape index (κ3) is 6.21. The number of hydrogen-bond acceptors (Lipinski definition) is 9. The van der Waals surface area contributed by atoms with Crippen LogP contribution in [0.2, 0.25) is 18.1 Å². The highest BCUT2D eigenvalue weighted by atomic mass is 32.2. The van der Waals surface area contributed by atoms with E-state index >= 15 is 0 Å². The lowest BCUT2D eigenvalue weighted by Gasteiger charge is -2.37. The number of ketones is 1. The van der Waals surface area contributed by atoms with Gasteiger partial charge in [-0.05, 0) is 81.7 Å². The Morgan fingerprint density at radius 3 is 2.13 bits per heavy atom. The molecule has 1 aliphatic carbocycles. The summed E-state index contributed by atoms with van der Waals surface area (Å²) in [5.74, 6) is -0.985. The minimum absolute atomic E-state index is 0.0116. The van der Waals surface area contributed by atoms with Crippen LogP contribution in [0.1, 0.15) is 75.7 Å². The minimum atomic E-state index is -5.89. The molecule has 3 aromatic rings. The molecular weight excluding hydrogens is 645 g/mol. The van der Waals surface area contributed by atoms with Crippen LogP contribution in [-0.4, -0.2) is 59.2 Å². The number of carbonyl (C=O) groups is 1. The highest BCUT2D eigenvalue weighted by molar-refractivity contribution is 7.88. The molecule has 0 amide bonds. The van der Waals surface area contributed by atoms with E-state index in [0.29, 0.717) is 28.9 Å². The van der Waals surface area contributed by atoms with E-state index in [1.807, 2.05) is 27.7 Å². The Hall–Kier alpha value is -2.91. The smallest absolute Gasteiger partial charge is 0.491 e. The van der Waals surface area contributed by atoms with Crippen molar-refractivity contribution in [2.45, 2.75) is 95.5 Å². The van der Waals surface area contributed by atoms with Gasteiger partial charge in [0.1, 0.15) is 41.7 Å². The molecule has 252 valence electrons. The summed E-state index contributed by atoms with van der Waals surface area (Å²) in [6.45, 7) is 18.8. The molecule has 46 heavy (non-hydrogen) atoms. The molecule has 0 saturated carbocycles. The number of hydrogen-bond donors (Lipinski definition) is 0. The zero-order chi connectivity index (χ0) is 34.3. The van der Waals surface area contributed by atoms with Gasteiger partial charge < -0.3 is 27.2 Å². The van der Waals surface area contributed by atoms with Crippen molar-refractivity contribution >= 4 is 35.2 Å². The average molecular weight is 685 g/mol. The zero-order valence-electron chi connectivity index (χ0n) is 27.2. The molecule has 1 aromatic heterocycles. The fraction of sp³-hybridized carbons (Fsp3) is 0.531. The molecule has 5 rings (SSSR count). The van der Waals surface area contributed by atoms with E-state index < -0.39 is 47.0 Å². The van der Waals surface area contributed by atoms with Crippen molar-refractivity contribution in [1.29, 1.82) is 0 Å². The van der Waals surface area contributed by atoms with Crippen molar-refractivity contribution in [1.82, 2.24) is 0 Å². The van der Waals surface area contributed by atoms with E-state index in [2.05, 4.69) is 38.0 Å². The molecule has 14 heteroatoms. The summed E-state index contributed by atoms with van der Waals surface area (Å²) >= 11 is 0. The predicted octanol–water partition coefficient (Wildman–Crippen LogP) is 7.45. The SMILES string of the molecule is CC1(C)OC(CO[Si](C)(C)C(C)(C)C)[C@@H](COc2ccc3c(c2)C(C)(C)c2oc4cc(OS(=O)(=O)C(F)(F)F)ccc4c2C3=O)O1. The maximum Gasteiger partial charge on any atom is 0.534 e. The van der Waals surface area contributed by atoms with Crippen molar-refractivity contribution in [3.05, 3.63) is 58.8 Å². The van der Waals surface area contributed by atoms with Crippen LogP contribution in [0.4, 0.5) is 13.2 Å². The lowest BCUT2D eigenvalue weighted by molar-refractivity contribution is -0.150. The number of halogens is 3. The van der Waals surface area contributed by atoms with Gasteiger partial charge in [-0.3, -0.25) is 4.79 Å². The second-order valence-corrected chi connectivity index (χ2v) is 20.6. The topological polar surface area (TPSA) is 110 Å². The van der Waals surface area contributed by atoms with Gasteiger partial charge in [0.15, 0.2) is 19.9 Å². The van der Waals surface area contributed by atoms with Crippen LogP contribution in [0.25, 0.3) is 11.0 Å². The van der Waals surface area contributed by atoms with Gasteiger partial charge in [-0.2, -0.15) is 21.6 Å². The summed E-state index contributed by atoms with van der Waals surface area (Å²) in [5, 5.41) is 0.355. The zero-order valence-corrected chi connectivity index (χ0v) is 29.1. The van der Waals surface area contributed by atoms with Crippen molar-refractivity contribution in [2.24, 2.45) is 0 Å².